The summed E-state index contributed by atoms with van der Waals surface area (Å²) in [6.45, 7) is 2.02. The Morgan fingerprint density at radius 3 is 3.05 bits per heavy atom. The SMILES string of the molecule is NC(=O)C1CN(Cc2cc3ccccc3[nH]c2=O)CCO1. The van der Waals surface area contributed by atoms with Gasteiger partial charge in [-0.25, -0.2) is 0 Å². The molecule has 110 valence electrons. The number of benzene rings is 1. The molecule has 1 unspecified atom stereocenters. The normalized spacial score (nSPS) is 19.7. The maximum atomic E-state index is 12.1. The molecule has 1 aliphatic rings. The van der Waals surface area contributed by atoms with Crippen LogP contribution in [-0.4, -0.2) is 41.6 Å². The summed E-state index contributed by atoms with van der Waals surface area (Å²) in [4.78, 5) is 28.2. The lowest BCUT2D eigenvalue weighted by atomic mass is 10.1. The zero-order chi connectivity index (χ0) is 14.8. The highest BCUT2D eigenvalue weighted by Crippen LogP contribution is 2.13. The van der Waals surface area contributed by atoms with Gasteiger partial charge < -0.3 is 15.5 Å². The van der Waals surface area contributed by atoms with E-state index in [9.17, 15) is 9.59 Å². The number of rotatable bonds is 3. The van der Waals surface area contributed by atoms with Crippen molar-refractivity contribution in [1.82, 2.24) is 9.88 Å². The molecule has 0 radical (unpaired) electrons. The molecule has 6 heteroatoms. The minimum Gasteiger partial charge on any atom is -0.367 e. The van der Waals surface area contributed by atoms with Gasteiger partial charge in [0.05, 0.1) is 6.61 Å². The smallest absolute Gasteiger partial charge is 0.252 e. The van der Waals surface area contributed by atoms with Crippen molar-refractivity contribution in [1.29, 1.82) is 0 Å². The monoisotopic (exact) mass is 287 g/mol. The van der Waals surface area contributed by atoms with Gasteiger partial charge in [0, 0.05) is 30.7 Å². The Morgan fingerprint density at radius 1 is 1.43 bits per heavy atom. The number of ether oxygens (including phenoxy) is 1. The molecule has 2 aromatic rings. The number of para-hydroxylation sites is 1. The number of carbonyl (C=O) groups is 1. The summed E-state index contributed by atoms with van der Waals surface area (Å²) in [5, 5.41) is 0.992. The molecule has 3 rings (SSSR count). The fourth-order valence-electron chi connectivity index (χ4n) is 2.57. The highest BCUT2D eigenvalue weighted by molar-refractivity contribution is 5.79. The average Bonchev–Trinajstić information content (AvgIpc) is 2.48. The molecule has 1 atom stereocenters. The Bertz CT molecular complexity index is 725. The van der Waals surface area contributed by atoms with E-state index in [4.69, 9.17) is 10.5 Å². The van der Waals surface area contributed by atoms with E-state index >= 15 is 0 Å². The summed E-state index contributed by atoms with van der Waals surface area (Å²) in [7, 11) is 0. The van der Waals surface area contributed by atoms with Gasteiger partial charge in [0.2, 0.25) is 5.91 Å². The Hall–Kier alpha value is -2.18. The summed E-state index contributed by atoms with van der Waals surface area (Å²) in [5.41, 5.74) is 6.67. The summed E-state index contributed by atoms with van der Waals surface area (Å²) in [5.74, 6) is -0.466. The Morgan fingerprint density at radius 2 is 2.24 bits per heavy atom. The third kappa shape index (κ3) is 2.96. The third-order valence-electron chi connectivity index (χ3n) is 3.69. The molecule has 6 nitrogen and oxygen atoms in total. The first-order chi connectivity index (χ1) is 10.1. The number of carbonyl (C=O) groups excluding carboxylic acids is 1. The Labute approximate surface area is 121 Å². The lowest BCUT2D eigenvalue weighted by molar-refractivity contribution is -0.135. The number of nitrogens with zero attached hydrogens (tertiary/aromatic N) is 1. The summed E-state index contributed by atoms with van der Waals surface area (Å²) in [6.07, 6.45) is -0.599. The summed E-state index contributed by atoms with van der Waals surface area (Å²) >= 11 is 0. The fraction of sp³-hybridized carbons (Fsp3) is 0.333. The topological polar surface area (TPSA) is 88.4 Å². The van der Waals surface area contributed by atoms with E-state index in [2.05, 4.69) is 4.98 Å². The average molecular weight is 287 g/mol. The molecule has 3 N–H and O–H groups in total. The van der Waals surface area contributed by atoms with Crippen LogP contribution in [0.4, 0.5) is 0 Å². The molecule has 1 saturated heterocycles. The minimum atomic E-state index is -0.599. The summed E-state index contributed by atoms with van der Waals surface area (Å²) < 4.78 is 5.31. The van der Waals surface area contributed by atoms with Gasteiger partial charge in [0.1, 0.15) is 6.10 Å². The number of pyridine rings is 1. The number of primary amides is 1. The first kappa shape index (κ1) is 13.8. The number of amides is 1. The van der Waals surface area contributed by atoms with Gasteiger partial charge in [0.15, 0.2) is 0 Å². The minimum absolute atomic E-state index is 0.101. The first-order valence-corrected chi connectivity index (χ1v) is 6.88. The summed E-state index contributed by atoms with van der Waals surface area (Å²) in [6, 6.07) is 9.54. The van der Waals surface area contributed by atoms with Crippen molar-refractivity contribution in [3.05, 3.63) is 46.2 Å². The van der Waals surface area contributed by atoms with E-state index < -0.39 is 12.0 Å². The second-order valence-electron chi connectivity index (χ2n) is 5.21. The van der Waals surface area contributed by atoms with Crippen LogP contribution >= 0.6 is 0 Å². The van der Waals surface area contributed by atoms with Crippen LogP contribution in [0.2, 0.25) is 0 Å². The third-order valence-corrected chi connectivity index (χ3v) is 3.69. The number of fused-ring (bicyclic) bond motifs is 1. The van der Waals surface area contributed by atoms with E-state index in [1.165, 1.54) is 0 Å². The van der Waals surface area contributed by atoms with Crippen LogP contribution in [0, 0.1) is 0 Å². The Balaban J connectivity index is 1.82. The van der Waals surface area contributed by atoms with Gasteiger partial charge in [-0.15, -0.1) is 0 Å². The number of nitrogens with one attached hydrogen (secondary N) is 1. The van der Waals surface area contributed by atoms with Crippen molar-refractivity contribution in [2.75, 3.05) is 19.7 Å². The van der Waals surface area contributed by atoms with Crippen LogP contribution in [-0.2, 0) is 16.1 Å². The molecule has 1 fully saturated rings. The van der Waals surface area contributed by atoms with Gasteiger partial charge in [-0.1, -0.05) is 18.2 Å². The predicted octanol–water partition coefficient (Wildman–Crippen LogP) is 0.214. The first-order valence-electron chi connectivity index (χ1n) is 6.88. The van der Waals surface area contributed by atoms with Crippen molar-refractivity contribution in [3.63, 3.8) is 0 Å². The van der Waals surface area contributed by atoms with Gasteiger partial charge in [-0.3, -0.25) is 14.5 Å². The number of morpholine rings is 1. The van der Waals surface area contributed by atoms with Crippen LogP contribution in [0.5, 0.6) is 0 Å². The second kappa shape index (κ2) is 5.67. The van der Waals surface area contributed by atoms with E-state index in [0.29, 0.717) is 31.8 Å². The molecule has 0 spiro atoms. The molecule has 1 aromatic carbocycles. The quantitative estimate of drug-likeness (QED) is 0.845. The van der Waals surface area contributed by atoms with E-state index in [-0.39, 0.29) is 5.56 Å². The van der Waals surface area contributed by atoms with Crippen molar-refractivity contribution in [3.8, 4) is 0 Å². The number of aromatic nitrogens is 1. The van der Waals surface area contributed by atoms with Crippen molar-refractivity contribution >= 4 is 16.8 Å². The maximum absolute atomic E-state index is 12.1. The van der Waals surface area contributed by atoms with Gasteiger partial charge in [-0.05, 0) is 17.5 Å². The van der Waals surface area contributed by atoms with Crippen LogP contribution in [0.15, 0.2) is 35.1 Å². The maximum Gasteiger partial charge on any atom is 0.252 e. The van der Waals surface area contributed by atoms with Gasteiger partial charge in [0.25, 0.3) is 5.56 Å². The van der Waals surface area contributed by atoms with Crippen LogP contribution in [0.25, 0.3) is 10.9 Å². The molecule has 0 saturated carbocycles. The number of nitrogens with two attached hydrogens (primary N) is 1. The van der Waals surface area contributed by atoms with Gasteiger partial charge >= 0.3 is 0 Å². The molecule has 1 aromatic heterocycles. The lowest BCUT2D eigenvalue weighted by Crippen LogP contribution is -2.48. The van der Waals surface area contributed by atoms with Crippen molar-refractivity contribution < 1.29 is 9.53 Å². The fourth-order valence-corrected chi connectivity index (χ4v) is 2.57. The number of aromatic amines is 1. The number of H-pyrrole nitrogens is 1. The predicted molar refractivity (Wildman–Crippen MR) is 78.8 cm³/mol. The highest BCUT2D eigenvalue weighted by atomic mass is 16.5. The molecular formula is C15H17N3O3. The highest BCUT2D eigenvalue weighted by Gasteiger charge is 2.25. The van der Waals surface area contributed by atoms with Gasteiger partial charge in [-0.2, -0.15) is 0 Å². The van der Waals surface area contributed by atoms with Crippen LogP contribution < -0.4 is 11.3 Å². The number of hydrogen-bond donors (Lipinski definition) is 2. The van der Waals surface area contributed by atoms with Crippen LogP contribution in [0.1, 0.15) is 5.56 Å². The molecule has 0 bridgehead atoms. The molecule has 21 heavy (non-hydrogen) atoms. The molecule has 1 amide bonds. The van der Waals surface area contributed by atoms with Crippen molar-refractivity contribution in [2.24, 2.45) is 5.73 Å². The Kier molecular flexibility index (Phi) is 3.72. The lowest BCUT2D eigenvalue weighted by Gasteiger charge is -2.31. The second-order valence-corrected chi connectivity index (χ2v) is 5.21. The zero-order valence-corrected chi connectivity index (χ0v) is 11.5. The largest absolute Gasteiger partial charge is 0.367 e. The van der Waals surface area contributed by atoms with Crippen LogP contribution in [0.3, 0.4) is 0 Å². The zero-order valence-electron chi connectivity index (χ0n) is 11.5. The van der Waals surface area contributed by atoms with E-state index in [0.717, 1.165) is 10.9 Å². The van der Waals surface area contributed by atoms with E-state index in [1.54, 1.807) is 0 Å². The number of hydrogen-bond acceptors (Lipinski definition) is 4. The molecule has 0 aliphatic carbocycles. The molecule has 1 aliphatic heterocycles. The van der Waals surface area contributed by atoms with Crippen molar-refractivity contribution in [2.45, 2.75) is 12.6 Å². The van der Waals surface area contributed by atoms with E-state index in [1.807, 2.05) is 35.2 Å². The standard InChI is InChI=1S/C15H17N3O3/c16-14(19)13-9-18(5-6-21-13)8-11-7-10-3-1-2-4-12(10)17-15(11)20/h1-4,7,13H,5-6,8-9H2,(H2,16,19)(H,17,20). The molecular weight excluding hydrogens is 270 g/mol. The molecule has 2 heterocycles.